The Hall–Kier alpha value is -2.01. The standard InChI is InChI=1S/C15H17NO3S/c1-19-15-9-4-3-6-12(15)11-16-13-7-5-8-14(10-13)20(2,17)18/h3-10,16H,11H2,1-2H3. The van der Waals surface area contributed by atoms with Crippen molar-refractivity contribution in [1.29, 1.82) is 0 Å². The number of sulfone groups is 1. The number of hydrogen-bond donors (Lipinski definition) is 1. The van der Waals surface area contributed by atoms with Gasteiger partial charge in [-0.15, -0.1) is 0 Å². The quantitative estimate of drug-likeness (QED) is 0.920. The Kier molecular flexibility index (Phi) is 4.29. The van der Waals surface area contributed by atoms with Gasteiger partial charge in [-0.25, -0.2) is 8.42 Å². The number of para-hydroxylation sites is 1. The third-order valence-electron chi connectivity index (χ3n) is 2.94. The molecule has 0 aliphatic carbocycles. The van der Waals surface area contributed by atoms with Gasteiger partial charge in [0.1, 0.15) is 5.75 Å². The summed E-state index contributed by atoms with van der Waals surface area (Å²) in [6.07, 6.45) is 1.20. The highest BCUT2D eigenvalue weighted by molar-refractivity contribution is 7.90. The molecule has 1 N–H and O–H groups in total. The topological polar surface area (TPSA) is 55.4 Å². The van der Waals surface area contributed by atoms with Crippen LogP contribution in [0.25, 0.3) is 0 Å². The smallest absolute Gasteiger partial charge is 0.175 e. The number of benzene rings is 2. The van der Waals surface area contributed by atoms with Gasteiger partial charge in [-0.3, -0.25) is 0 Å². The first-order valence-corrected chi connectivity index (χ1v) is 8.06. The van der Waals surface area contributed by atoms with Crippen LogP contribution in [0.15, 0.2) is 53.4 Å². The maximum Gasteiger partial charge on any atom is 0.175 e. The summed E-state index contributed by atoms with van der Waals surface area (Å²) in [5.74, 6) is 0.805. The molecule has 5 heteroatoms. The van der Waals surface area contributed by atoms with Gasteiger partial charge >= 0.3 is 0 Å². The van der Waals surface area contributed by atoms with Gasteiger partial charge < -0.3 is 10.1 Å². The van der Waals surface area contributed by atoms with Crippen molar-refractivity contribution in [3.63, 3.8) is 0 Å². The van der Waals surface area contributed by atoms with Crippen molar-refractivity contribution < 1.29 is 13.2 Å². The van der Waals surface area contributed by atoms with E-state index < -0.39 is 9.84 Å². The Labute approximate surface area is 119 Å². The Morgan fingerprint density at radius 1 is 1.10 bits per heavy atom. The number of ether oxygens (including phenoxy) is 1. The van der Waals surface area contributed by atoms with Gasteiger partial charge in [0.25, 0.3) is 0 Å². The molecule has 0 aliphatic rings. The molecular formula is C15H17NO3S. The summed E-state index contributed by atoms with van der Waals surface area (Å²) >= 11 is 0. The van der Waals surface area contributed by atoms with Crippen molar-refractivity contribution >= 4 is 15.5 Å². The maximum absolute atomic E-state index is 11.5. The summed E-state index contributed by atoms with van der Waals surface area (Å²) in [6, 6.07) is 14.5. The molecule has 106 valence electrons. The zero-order chi connectivity index (χ0) is 14.6. The van der Waals surface area contributed by atoms with E-state index in [0.29, 0.717) is 11.4 Å². The summed E-state index contributed by atoms with van der Waals surface area (Å²) in [5, 5.41) is 3.20. The molecule has 0 spiro atoms. The lowest BCUT2D eigenvalue weighted by molar-refractivity contribution is 0.410. The highest BCUT2D eigenvalue weighted by Crippen LogP contribution is 2.20. The number of methoxy groups -OCH3 is 1. The Balaban J connectivity index is 2.15. The molecule has 0 atom stereocenters. The number of nitrogens with one attached hydrogen (secondary N) is 1. The van der Waals surface area contributed by atoms with Crippen LogP contribution >= 0.6 is 0 Å². The van der Waals surface area contributed by atoms with E-state index in [4.69, 9.17) is 4.74 Å². The summed E-state index contributed by atoms with van der Waals surface area (Å²) in [5.41, 5.74) is 1.78. The molecule has 20 heavy (non-hydrogen) atoms. The number of hydrogen-bond acceptors (Lipinski definition) is 4. The Morgan fingerprint density at radius 3 is 2.55 bits per heavy atom. The minimum absolute atomic E-state index is 0.308. The molecule has 0 amide bonds. The zero-order valence-corrected chi connectivity index (χ0v) is 12.3. The first-order valence-electron chi connectivity index (χ1n) is 6.16. The second-order valence-corrected chi connectivity index (χ2v) is 6.48. The third kappa shape index (κ3) is 3.51. The molecule has 0 saturated heterocycles. The molecule has 2 aromatic carbocycles. The van der Waals surface area contributed by atoms with Crippen LogP contribution in [0.5, 0.6) is 5.75 Å². The Bertz CT molecular complexity index is 696. The molecule has 0 aromatic heterocycles. The summed E-state index contributed by atoms with van der Waals surface area (Å²) < 4.78 is 28.3. The van der Waals surface area contributed by atoms with Gasteiger partial charge in [0.05, 0.1) is 12.0 Å². The lowest BCUT2D eigenvalue weighted by atomic mass is 10.2. The molecule has 0 radical (unpaired) electrons. The summed E-state index contributed by atoms with van der Waals surface area (Å²) in [7, 11) is -1.56. The van der Waals surface area contributed by atoms with Gasteiger partial charge in [-0.2, -0.15) is 0 Å². The molecule has 2 rings (SSSR count). The predicted molar refractivity (Wildman–Crippen MR) is 79.9 cm³/mol. The zero-order valence-electron chi connectivity index (χ0n) is 11.5. The average Bonchev–Trinajstić information content (AvgIpc) is 2.45. The van der Waals surface area contributed by atoms with E-state index in [0.717, 1.165) is 17.0 Å². The van der Waals surface area contributed by atoms with Crippen LogP contribution in [0.2, 0.25) is 0 Å². The van der Waals surface area contributed by atoms with Crippen molar-refractivity contribution in [2.45, 2.75) is 11.4 Å². The lowest BCUT2D eigenvalue weighted by Gasteiger charge is -2.11. The van der Waals surface area contributed by atoms with E-state index in [2.05, 4.69) is 5.32 Å². The van der Waals surface area contributed by atoms with Gasteiger partial charge in [0, 0.05) is 24.1 Å². The van der Waals surface area contributed by atoms with Gasteiger partial charge in [0.2, 0.25) is 0 Å². The molecule has 0 aliphatic heterocycles. The second-order valence-electron chi connectivity index (χ2n) is 4.47. The van der Waals surface area contributed by atoms with Crippen molar-refractivity contribution in [3.8, 4) is 5.75 Å². The molecule has 0 unspecified atom stereocenters. The van der Waals surface area contributed by atoms with Crippen LogP contribution in [0.1, 0.15) is 5.56 Å². The van der Waals surface area contributed by atoms with Crippen LogP contribution < -0.4 is 10.1 Å². The highest BCUT2D eigenvalue weighted by atomic mass is 32.2. The van der Waals surface area contributed by atoms with Crippen LogP contribution in [0.3, 0.4) is 0 Å². The number of rotatable bonds is 5. The van der Waals surface area contributed by atoms with Crippen LogP contribution in [0.4, 0.5) is 5.69 Å². The van der Waals surface area contributed by atoms with Crippen molar-refractivity contribution in [3.05, 3.63) is 54.1 Å². The first-order chi connectivity index (χ1) is 9.50. The van der Waals surface area contributed by atoms with Crippen molar-refractivity contribution in [1.82, 2.24) is 0 Å². The minimum atomic E-state index is -3.19. The van der Waals surface area contributed by atoms with Crippen LogP contribution in [-0.2, 0) is 16.4 Å². The molecule has 0 heterocycles. The largest absolute Gasteiger partial charge is 0.496 e. The van der Waals surface area contributed by atoms with E-state index in [1.807, 2.05) is 30.3 Å². The fraction of sp³-hybridized carbons (Fsp3) is 0.200. The van der Waals surface area contributed by atoms with Gasteiger partial charge in [-0.1, -0.05) is 24.3 Å². The molecule has 4 nitrogen and oxygen atoms in total. The van der Waals surface area contributed by atoms with Gasteiger partial charge in [-0.05, 0) is 24.3 Å². The SMILES string of the molecule is COc1ccccc1CNc1cccc(S(C)(=O)=O)c1. The van der Waals surface area contributed by atoms with E-state index in [1.165, 1.54) is 6.26 Å². The second kappa shape index (κ2) is 5.96. The minimum Gasteiger partial charge on any atom is -0.496 e. The fourth-order valence-corrected chi connectivity index (χ4v) is 2.55. The number of anilines is 1. The van der Waals surface area contributed by atoms with E-state index >= 15 is 0 Å². The van der Waals surface area contributed by atoms with Gasteiger partial charge in [0.15, 0.2) is 9.84 Å². The molecule has 0 bridgehead atoms. The highest BCUT2D eigenvalue weighted by Gasteiger charge is 2.07. The predicted octanol–water partition coefficient (Wildman–Crippen LogP) is 2.71. The molecule has 2 aromatic rings. The molecule has 0 fully saturated rings. The molecular weight excluding hydrogens is 274 g/mol. The maximum atomic E-state index is 11.5. The fourth-order valence-electron chi connectivity index (χ4n) is 1.88. The Morgan fingerprint density at radius 2 is 1.85 bits per heavy atom. The van der Waals surface area contributed by atoms with Crippen LogP contribution in [0, 0.1) is 0 Å². The summed E-state index contributed by atoms with van der Waals surface area (Å²) in [4.78, 5) is 0.308. The third-order valence-corrected chi connectivity index (χ3v) is 4.05. The molecule has 0 saturated carbocycles. The van der Waals surface area contributed by atoms with Crippen molar-refractivity contribution in [2.75, 3.05) is 18.7 Å². The monoisotopic (exact) mass is 291 g/mol. The lowest BCUT2D eigenvalue weighted by Crippen LogP contribution is -2.03. The first kappa shape index (κ1) is 14.4. The van der Waals surface area contributed by atoms with Crippen molar-refractivity contribution in [2.24, 2.45) is 0 Å². The summed E-state index contributed by atoms with van der Waals surface area (Å²) in [6.45, 7) is 0.567. The van der Waals surface area contributed by atoms with Crippen LogP contribution in [-0.4, -0.2) is 21.8 Å². The van der Waals surface area contributed by atoms with E-state index in [1.54, 1.807) is 25.3 Å². The van der Waals surface area contributed by atoms with E-state index in [-0.39, 0.29) is 0 Å². The average molecular weight is 291 g/mol. The van der Waals surface area contributed by atoms with E-state index in [9.17, 15) is 8.42 Å². The normalized spacial score (nSPS) is 11.1.